The van der Waals surface area contributed by atoms with Gasteiger partial charge in [0.25, 0.3) is 5.91 Å². The fraction of sp³-hybridized carbons (Fsp3) is 0.250. The number of aliphatic imine (C=N–C) groups is 1. The summed E-state index contributed by atoms with van der Waals surface area (Å²) in [5.74, 6) is 1.25. The van der Waals surface area contributed by atoms with Crippen LogP contribution in [-0.4, -0.2) is 51.1 Å². The molecule has 30 heavy (non-hydrogen) atoms. The smallest absolute Gasteiger partial charge is 0.287 e. The Hall–Kier alpha value is -3.95. The molecule has 1 amide bonds. The second-order valence-corrected chi connectivity index (χ2v) is 6.69. The third kappa shape index (κ3) is 3.66. The van der Waals surface area contributed by atoms with Gasteiger partial charge in [-0.15, -0.1) is 0 Å². The maximum Gasteiger partial charge on any atom is 0.287 e. The molecule has 0 aliphatic rings. The van der Waals surface area contributed by atoms with Crippen LogP contribution in [-0.2, 0) is 11.3 Å². The highest BCUT2D eigenvalue weighted by molar-refractivity contribution is 5.99. The van der Waals surface area contributed by atoms with Crippen molar-refractivity contribution in [3.8, 4) is 11.3 Å². The minimum atomic E-state index is -0.347. The van der Waals surface area contributed by atoms with Crippen LogP contribution in [0.3, 0.4) is 0 Å². The van der Waals surface area contributed by atoms with Gasteiger partial charge in [0, 0.05) is 36.1 Å². The third-order valence-corrected chi connectivity index (χ3v) is 4.60. The molecule has 0 saturated heterocycles. The van der Waals surface area contributed by atoms with Gasteiger partial charge in [0.2, 0.25) is 11.8 Å². The summed E-state index contributed by atoms with van der Waals surface area (Å²) >= 11 is 0. The van der Waals surface area contributed by atoms with Crippen LogP contribution in [0, 0.1) is 13.8 Å². The highest BCUT2D eigenvalue weighted by atomic mass is 16.5. The first kappa shape index (κ1) is 19.4. The van der Waals surface area contributed by atoms with E-state index in [1.54, 1.807) is 21.1 Å². The van der Waals surface area contributed by atoms with Crippen LogP contribution in [0.4, 0.5) is 0 Å². The van der Waals surface area contributed by atoms with Crippen molar-refractivity contribution in [3.05, 3.63) is 53.2 Å². The summed E-state index contributed by atoms with van der Waals surface area (Å²) < 4.78 is 10.2. The van der Waals surface area contributed by atoms with Gasteiger partial charge in [0.05, 0.1) is 19.3 Å². The number of amides is 1. The first-order chi connectivity index (χ1) is 14.5. The van der Waals surface area contributed by atoms with Gasteiger partial charge >= 0.3 is 0 Å². The number of aryl methyl sites for hydroxylation is 2. The second-order valence-electron chi connectivity index (χ2n) is 6.69. The summed E-state index contributed by atoms with van der Waals surface area (Å²) in [6.45, 7) is 3.72. The van der Waals surface area contributed by atoms with Crippen molar-refractivity contribution in [3.63, 3.8) is 0 Å². The van der Waals surface area contributed by atoms with E-state index in [-0.39, 0.29) is 18.3 Å². The van der Waals surface area contributed by atoms with Gasteiger partial charge < -0.3 is 24.5 Å². The van der Waals surface area contributed by atoms with E-state index in [4.69, 9.17) is 9.26 Å². The quantitative estimate of drug-likeness (QED) is 0.344. The van der Waals surface area contributed by atoms with Gasteiger partial charge in [-0.25, -0.2) is 4.98 Å². The number of imidazole rings is 1. The highest BCUT2D eigenvalue weighted by Gasteiger charge is 2.16. The average Bonchev–Trinajstić information content (AvgIpc) is 3.44. The monoisotopic (exact) mass is 407 g/mol. The SMILES string of the molecule is CN=C(OC)c1cc2cc(-c3nc(C(=O)NCc4noc(C)n4)[nH]c3C)ccc2[nH]1. The molecular formula is C20H21N7O3. The second kappa shape index (κ2) is 7.82. The predicted molar refractivity (Wildman–Crippen MR) is 110 cm³/mol. The fourth-order valence-electron chi connectivity index (χ4n) is 3.22. The predicted octanol–water partition coefficient (Wildman–Crippen LogP) is 2.51. The Kier molecular flexibility index (Phi) is 5.05. The number of carbonyl (C=O) groups is 1. The molecule has 10 nitrogen and oxygen atoms in total. The van der Waals surface area contributed by atoms with Crippen LogP contribution in [0.1, 0.15) is 33.7 Å². The number of benzene rings is 1. The number of nitrogens with zero attached hydrogens (tertiary/aromatic N) is 4. The summed E-state index contributed by atoms with van der Waals surface area (Å²) in [6.07, 6.45) is 0. The van der Waals surface area contributed by atoms with Crippen molar-refractivity contribution >= 4 is 22.7 Å². The third-order valence-electron chi connectivity index (χ3n) is 4.60. The Morgan fingerprint density at radius 1 is 1.23 bits per heavy atom. The first-order valence-corrected chi connectivity index (χ1v) is 9.26. The highest BCUT2D eigenvalue weighted by Crippen LogP contribution is 2.26. The van der Waals surface area contributed by atoms with Crippen molar-refractivity contribution < 1.29 is 14.1 Å². The van der Waals surface area contributed by atoms with Crippen molar-refractivity contribution in [2.75, 3.05) is 14.2 Å². The Morgan fingerprint density at radius 3 is 2.77 bits per heavy atom. The number of carbonyl (C=O) groups excluding carboxylic acids is 1. The summed E-state index contributed by atoms with van der Waals surface area (Å²) in [7, 11) is 3.26. The van der Waals surface area contributed by atoms with E-state index < -0.39 is 0 Å². The number of methoxy groups -OCH3 is 1. The topological polar surface area (TPSA) is 134 Å². The molecule has 0 atom stereocenters. The van der Waals surface area contributed by atoms with Crippen LogP contribution < -0.4 is 5.32 Å². The van der Waals surface area contributed by atoms with Gasteiger partial charge in [0.15, 0.2) is 11.6 Å². The van der Waals surface area contributed by atoms with Crippen molar-refractivity contribution in [1.29, 1.82) is 0 Å². The summed E-state index contributed by atoms with van der Waals surface area (Å²) in [4.78, 5) is 31.4. The Balaban J connectivity index is 1.57. The van der Waals surface area contributed by atoms with Crippen LogP contribution in [0.5, 0.6) is 0 Å². The largest absolute Gasteiger partial charge is 0.480 e. The number of hydrogen-bond acceptors (Lipinski definition) is 7. The van der Waals surface area contributed by atoms with Crippen LogP contribution in [0.25, 0.3) is 22.2 Å². The van der Waals surface area contributed by atoms with Crippen LogP contribution >= 0.6 is 0 Å². The fourth-order valence-corrected chi connectivity index (χ4v) is 3.22. The van der Waals surface area contributed by atoms with Gasteiger partial charge in [0.1, 0.15) is 5.69 Å². The summed E-state index contributed by atoms with van der Waals surface area (Å²) in [5, 5.41) is 7.47. The molecule has 3 heterocycles. The van der Waals surface area contributed by atoms with Crippen molar-refractivity contribution in [2.24, 2.45) is 4.99 Å². The van der Waals surface area contributed by atoms with E-state index in [1.807, 2.05) is 31.2 Å². The molecule has 0 radical (unpaired) electrons. The van der Waals surface area contributed by atoms with Gasteiger partial charge in [-0.05, 0) is 25.1 Å². The molecule has 0 spiro atoms. The Morgan fingerprint density at radius 2 is 2.07 bits per heavy atom. The van der Waals surface area contributed by atoms with E-state index in [9.17, 15) is 4.79 Å². The van der Waals surface area contributed by atoms with E-state index in [0.717, 1.165) is 27.9 Å². The number of fused-ring (bicyclic) bond motifs is 1. The molecule has 1 aromatic carbocycles. The number of rotatable bonds is 5. The molecule has 3 N–H and O–H groups in total. The molecule has 3 aromatic heterocycles. The normalized spacial score (nSPS) is 11.8. The van der Waals surface area contributed by atoms with Gasteiger partial charge in [-0.2, -0.15) is 4.98 Å². The Bertz CT molecular complexity index is 1250. The summed E-state index contributed by atoms with van der Waals surface area (Å²) in [6, 6.07) is 7.88. The number of ether oxygens (including phenoxy) is 1. The number of nitrogens with one attached hydrogen (secondary N) is 3. The average molecular weight is 407 g/mol. The minimum Gasteiger partial charge on any atom is -0.480 e. The van der Waals surface area contributed by atoms with E-state index >= 15 is 0 Å². The van der Waals surface area contributed by atoms with Crippen LogP contribution in [0.2, 0.25) is 0 Å². The lowest BCUT2D eigenvalue weighted by molar-refractivity contribution is 0.0940. The van der Waals surface area contributed by atoms with Gasteiger partial charge in [-0.3, -0.25) is 9.79 Å². The van der Waals surface area contributed by atoms with Crippen LogP contribution in [0.15, 0.2) is 33.8 Å². The molecule has 4 rings (SSSR count). The minimum absolute atomic E-state index is 0.157. The molecule has 0 saturated carbocycles. The molecular weight excluding hydrogens is 386 g/mol. The molecule has 0 aliphatic heterocycles. The zero-order valence-corrected chi connectivity index (χ0v) is 17.0. The maximum absolute atomic E-state index is 12.5. The maximum atomic E-state index is 12.5. The lowest BCUT2D eigenvalue weighted by Crippen LogP contribution is -2.24. The molecule has 10 heteroatoms. The van der Waals surface area contributed by atoms with Gasteiger partial charge in [-0.1, -0.05) is 11.2 Å². The standard InChI is InChI=1S/C20H21N7O3/c1-10-17(26-18(23-10)19(28)22-9-16-24-11(2)30-27-16)12-5-6-14-13(7-12)8-15(25-14)20(21-3)29-4/h5-8,25H,9H2,1-4H3,(H,22,28)(H,23,26). The zero-order chi connectivity index (χ0) is 21.3. The molecule has 0 unspecified atom stereocenters. The lowest BCUT2D eigenvalue weighted by atomic mass is 10.1. The van der Waals surface area contributed by atoms with Crippen molar-refractivity contribution in [1.82, 2.24) is 30.4 Å². The number of H-pyrrole nitrogens is 2. The van der Waals surface area contributed by atoms with Crippen molar-refractivity contribution in [2.45, 2.75) is 20.4 Å². The molecule has 0 aliphatic carbocycles. The van der Waals surface area contributed by atoms with E-state index in [0.29, 0.717) is 23.3 Å². The first-order valence-electron chi connectivity index (χ1n) is 9.26. The number of aromatic amines is 2. The summed E-state index contributed by atoms with van der Waals surface area (Å²) in [5.41, 5.74) is 4.13. The lowest BCUT2D eigenvalue weighted by Gasteiger charge is -1.99. The molecule has 0 bridgehead atoms. The number of aromatic nitrogens is 5. The molecule has 0 fully saturated rings. The van der Waals surface area contributed by atoms with E-state index in [2.05, 4.69) is 35.4 Å². The molecule has 154 valence electrons. The van der Waals surface area contributed by atoms with E-state index in [1.165, 1.54) is 0 Å². The zero-order valence-electron chi connectivity index (χ0n) is 17.0. The number of hydrogen-bond donors (Lipinski definition) is 3. The Labute approximate surface area is 171 Å². The molecule has 4 aromatic rings.